The molecule has 0 amide bonds. The fraction of sp³-hybridized carbons (Fsp3) is 0.421. The van der Waals surface area contributed by atoms with Crippen LogP contribution < -0.4 is 10.1 Å². The van der Waals surface area contributed by atoms with Crippen molar-refractivity contribution in [3.63, 3.8) is 0 Å². The van der Waals surface area contributed by atoms with E-state index in [2.05, 4.69) is 25.6 Å². The first kappa shape index (κ1) is 17.4. The van der Waals surface area contributed by atoms with Crippen molar-refractivity contribution in [2.45, 2.75) is 39.2 Å². The first-order chi connectivity index (χ1) is 13.1. The number of carbonyl (C=O) groups is 1. The molecule has 2 atom stereocenters. The number of rotatable bonds is 6. The maximum atomic E-state index is 11.6. The number of ketones is 1. The number of ether oxygens (including phenoxy) is 1. The number of fused-ring (bicyclic) bond motifs is 1. The van der Waals surface area contributed by atoms with E-state index in [0.29, 0.717) is 23.7 Å². The molecule has 1 saturated carbocycles. The molecule has 0 unspecified atom stereocenters. The molecule has 1 aliphatic carbocycles. The molecule has 1 aliphatic rings. The molecule has 1 fully saturated rings. The molecule has 2 heterocycles. The standard InChI is InChI=1S/C19H22N6O2/c1-3-27-16-8-6-15(7-9-16)25-18-17(23-24-25)11-20-19(22-18)21-14-5-4-13(10-14)12(2)26/h6-9,11,13-14H,3-5,10H2,1-2H3,(H,20,21,22)/t13-,14-/m1/s1. The summed E-state index contributed by atoms with van der Waals surface area (Å²) >= 11 is 0. The zero-order chi connectivity index (χ0) is 18.8. The average Bonchev–Trinajstić information content (AvgIpc) is 3.30. The van der Waals surface area contributed by atoms with Crippen molar-refractivity contribution in [3.8, 4) is 11.4 Å². The van der Waals surface area contributed by atoms with Gasteiger partial charge in [0.05, 0.1) is 18.5 Å². The molecule has 0 spiro atoms. The molecule has 1 aromatic carbocycles. The molecule has 0 saturated heterocycles. The summed E-state index contributed by atoms with van der Waals surface area (Å²) in [6.07, 6.45) is 4.36. The van der Waals surface area contributed by atoms with E-state index in [9.17, 15) is 4.79 Å². The van der Waals surface area contributed by atoms with Crippen molar-refractivity contribution < 1.29 is 9.53 Å². The lowest BCUT2D eigenvalue weighted by molar-refractivity contribution is -0.120. The van der Waals surface area contributed by atoms with Crippen LogP contribution in [0, 0.1) is 5.92 Å². The molecule has 3 aromatic rings. The van der Waals surface area contributed by atoms with E-state index < -0.39 is 0 Å². The molecule has 2 aromatic heterocycles. The van der Waals surface area contributed by atoms with E-state index in [1.165, 1.54) is 0 Å². The van der Waals surface area contributed by atoms with Gasteiger partial charge in [-0.2, -0.15) is 9.67 Å². The van der Waals surface area contributed by atoms with E-state index >= 15 is 0 Å². The molecule has 0 radical (unpaired) electrons. The number of nitrogens with zero attached hydrogens (tertiary/aromatic N) is 5. The van der Waals surface area contributed by atoms with Crippen LogP contribution in [0.3, 0.4) is 0 Å². The van der Waals surface area contributed by atoms with Gasteiger partial charge in [-0.3, -0.25) is 4.79 Å². The summed E-state index contributed by atoms with van der Waals surface area (Å²) in [5, 5.41) is 11.7. The lowest BCUT2D eigenvalue weighted by atomic mass is 10.0. The molecule has 8 heteroatoms. The van der Waals surface area contributed by atoms with Gasteiger partial charge in [-0.15, -0.1) is 5.10 Å². The molecular weight excluding hydrogens is 344 g/mol. The Hall–Kier alpha value is -3.03. The Morgan fingerprint density at radius 2 is 2.11 bits per heavy atom. The Kier molecular flexibility index (Phi) is 4.70. The lowest BCUT2D eigenvalue weighted by Gasteiger charge is -2.12. The second-order valence-corrected chi connectivity index (χ2v) is 6.79. The third kappa shape index (κ3) is 3.60. The summed E-state index contributed by atoms with van der Waals surface area (Å²) in [6.45, 7) is 4.24. The Balaban J connectivity index is 1.57. The zero-order valence-electron chi connectivity index (χ0n) is 15.4. The van der Waals surface area contributed by atoms with Gasteiger partial charge in [-0.05, 0) is 57.4 Å². The monoisotopic (exact) mass is 366 g/mol. The summed E-state index contributed by atoms with van der Waals surface area (Å²) in [4.78, 5) is 20.5. The highest BCUT2D eigenvalue weighted by atomic mass is 16.5. The molecule has 4 rings (SSSR count). The van der Waals surface area contributed by atoms with Gasteiger partial charge < -0.3 is 10.1 Å². The lowest BCUT2D eigenvalue weighted by Crippen LogP contribution is -2.18. The van der Waals surface area contributed by atoms with Gasteiger partial charge >= 0.3 is 0 Å². The van der Waals surface area contributed by atoms with Crippen molar-refractivity contribution in [1.82, 2.24) is 25.0 Å². The molecule has 0 aliphatic heterocycles. The number of hydrogen-bond acceptors (Lipinski definition) is 7. The normalized spacial score (nSPS) is 19.3. The van der Waals surface area contributed by atoms with Gasteiger partial charge in [0.1, 0.15) is 11.5 Å². The minimum Gasteiger partial charge on any atom is -0.494 e. The number of nitrogens with one attached hydrogen (secondary N) is 1. The summed E-state index contributed by atoms with van der Waals surface area (Å²) in [6, 6.07) is 7.84. The zero-order valence-corrected chi connectivity index (χ0v) is 15.4. The van der Waals surface area contributed by atoms with Crippen LogP contribution in [-0.4, -0.2) is 43.4 Å². The van der Waals surface area contributed by atoms with Gasteiger partial charge in [0.25, 0.3) is 0 Å². The molecular formula is C19H22N6O2. The maximum Gasteiger partial charge on any atom is 0.225 e. The second kappa shape index (κ2) is 7.30. The second-order valence-electron chi connectivity index (χ2n) is 6.79. The molecule has 140 valence electrons. The number of benzene rings is 1. The van der Waals surface area contributed by atoms with Crippen LogP contribution >= 0.6 is 0 Å². The number of aromatic nitrogens is 5. The first-order valence-electron chi connectivity index (χ1n) is 9.22. The highest BCUT2D eigenvalue weighted by Crippen LogP contribution is 2.28. The van der Waals surface area contributed by atoms with Crippen LogP contribution in [0.25, 0.3) is 16.9 Å². The quantitative estimate of drug-likeness (QED) is 0.717. The fourth-order valence-electron chi connectivity index (χ4n) is 3.49. The summed E-state index contributed by atoms with van der Waals surface area (Å²) in [5.41, 5.74) is 2.11. The predicted molar refractivity (Wildman–Crippen MR) is 101 cm³/mol. The van der Waals surface area contributed by atoms with Crippen LogP contribution in [0.5, 0.6) is 5.75 Å². The molecule has 0 bridgehead atoms. The fourth-order valence-corrected chi connectivity index (χ4v) is 3.49. The SMILES string of the molecule is CCOc1ccc(-n2nnc3cnc(N[C@@H]4CC[C@@H](C(C)=O)C4)nc32)cc1. The molecule has 1 N–H and O–H groups in total. The van der Waals surface area contributed by atoms with E-state index in [1.54, 1.807) is 17.8 Å². The highest BCUT2D eigenvalue weighted by molar-refractivity contribution is 5.78. The van der Waals surface area contributed by atoms with Crippen molar-refractivity contribution in [2.24, 2.45) is 5.92 Å². The minimum atomic E-state index is 0.141. The number of carbonyl (C=O) groups excluding carboxylic acids is 1. The summed E-state index contributed by atoms with van der Waals surface area (Å²) < 4.78 is 7.17. The average molecular weight is 366 g/mol. The van der Waals surface area contributed by atoms with Gasteiger partial charge in [0, 0.05) is 12.0 Å². The number of hydrogen-bond donors (Lipinski definition) is 1. The van der Waals surface area contributed by atoms with Crippen LogP contribution in [0.15, 0.2) is 30.5 Å². The van der Waals surface area contributed by atoms with Gasteiger partial charge in [-0.1, -0.05) is 5.21 Å². The van der Waals surface area contributed by atoms with Crippen molar-refractivity contribution in [2.75, 3.05) is 11.9 Å². The first-order valence-corrected chi connectivity index (χ1v) is 9.22. The van der Waals surface area contributed by atoms with E-state index in [1.807, 2.05) is 31.2 Å². The van der Waals surface area contributed by atoms with Crippen LogP contribution in [-0.2, 0) is 4.79 Å². The van der Waals surface area contributed by atoms with E-state index in [0.717, 1.165) is 30.7 Å². The molecule has 27 heavy (non-hydrogen) atoms. The highest BCUT2D eigenvalue weighted by Gasteiger charge is 2.28. The Morgan fingerprint density at radius 3 is 2.81 bits per heavy atom. The summed E-state index contributed by atoms with van der Waals surface area (Å²) in [5.74, 6) is 1.74. The van der Waals surface area contributed by atoms with Crippen molar-refractivity contribution >= 4 is 22.9 Å². The smallest absolute Gasteiger partial charge is 0.225 e. The largest absolute Gasteiger partial charge is 0.494 e. The van der Waals surface area contributed by atoms with Crippen LogP contribution in [0.1, 0.15) is 33.1 Å². The minimum absolute atomic E-state index is 0.141. The van der Waals surface area contributed by atoms with Gasteiger partial charge in [-0.25, -0.2) is 4.98 Å². The Bertz CT molecular complexity index is 952. The van der Waals surface area contributed by atoms with Gasteiger partial charge in [0.15, 0.2) is 11.2 Å². The topological polar surface area (TPSA) is 94.8 Å². The van der Waals surface area contributed by atoms with Crippen molar-refractivity contribution in [1.29, 1.82) is 0 Å². The maximum absolute atomic E-state index is 11.6. The van der Waals surface area contributed by atoms with E-state index in [4.69, 9.17) is 4.74 Å². The molecule has 8 nitrogen and oxygen atoms in total. The number of anilines is 1. The summed E-state index contributed by atoms with van der Waals surface area (Å²) in [7, 11) is 0. The van der Waals surface area contributed by atoms with Crippen LogP contribution in [0.2, 0.25) is 0 Å². The van der Waals surface area contributed by atoms with Crippen LogP contribution in [0.4, 0.5) is 5.95 Å². The third-order valence-corrected chi connectivity index (χ3v) is 4.93. The van der Waals surface area contributed by atoms with Gasteiger partial charge in [0.2, 0.25) is 5.95 Å². The number of Topliss-reactive ketones (excluding diaryl/α,β-unsaturated/α-hetero) is 1. The van der Waals surface area contributed by atoms with Crippen molar-refractivity contribution in [3.05, 3.63) is 30.5 Å². The predicted octanol–water partition coefficient (Wildman–Crippen LogP) is 2.78. The van der Waals surface area contributed by atoms with E-state index in [-0.39, 0.29) is 17.7 Å². The Morgan fingerprint density at radius 1 is 1.30 bits per heavy atom. The third-order valence-electron chi connectivity index (χ3n) is 4.93. The Labute approximate surface area is 157 Å².